The van der Waals surface area contributed by atoms with Crippen molar-refractivity contribution in [1.29, 1.82) is 0 Å². The minimum Gasteiger partial charge on any atom is -0.496 e. The van der Waals surface area contributed by atoms with Gasteiger partial charge in [0.1, 0.15) is 18.0 Å². The maximum absolute atomic E-state index is 12.4. The maximum atomic E-state index is 12.4. The molecule has 6 nitrogen and oxygen atoms in total. The molecule has 0 saturated heterocycles. The van der Waals surface area contributed by atoms with Crippen molar-refractivity contribution in [2.45, 2.75) is 6.92 Å². The Bertz CT molecular complexity index is 528. The smallest absolute Gasteiger partial charge is 0.323 e. The number of rotatable bonds is 7. The second-order valence-electron chi connectivity index (χ2n) is 4.37. The third-order valence-corrected chi connectivity index (χ3v) is 2.96. The van der Waals surface area contributed by atoms with Crippen LogP contribution in [0.4, 0.5) is 0 Å². The third kappa shape index (κ3) is 3.98. The predicted molar refractivity (Wildman–Crippen MR) is 78.0 cm³/mol. The van der Waals surface area contributed by atoms with Crippen molar-refractivity contribution in [3.8, 4) is 11.5 Å². The Morgan fingerprint density at radius 2 is 1.81 bits per heavy atom. The molecule has 0 atom stereocenters. The van der Waals surface area contributed by atoms with Crippen LogP contribution >= 0.6 is 0 Å². The second-order valence-corrected chi connectivity index (χ2v) is 4.37. The van der Waals surface area contributed by atoms with Crippen LogP contribution in [0, 0.1) is 6.92 Å². The highest BCUT2D eigenvalue weighted by Crippen LogP contribution is 2.29. The van der Waals surface area contributed by atoms with E-state index in [0.29, 0.717) is 17.1 Å². The van der Waals surface area contributed by atoms with Crippen molar-refractivity contribution < 1.29 is 24.2 Å². The molecule has 1 rings (SSSR count). The van der Waals surface area contributed by atoms with Crippen molar-refractivity contribution in [1.82, 2.24) is 4.90 Å². The largest absolute Gasteiger partial charge is 0.496 e. The zero-order valence-corrected chi connectivity index (χ0v) is 12.4. The first kappa shape index (κ1) is 16.6. The number of hydrogen-bond acceptors (Lipinski definition) is 4. The van der Waals surface area contributed by atoms with Gasteiger partial charge in [0.25, 0.3) is 5.91 Å². The van der Waals surface area contributed by atoms with Crippen LogP contribution in [-0.2, 0) is 4.79 Å². The summed E-state index contributed by atoms with van der Waals surface area (Å²) in [6.45, 7) is 5.08. The molecule has 0 unspecified atom stereocenters. The van der Waals surface area contributed by atoms with Crippen LogP contribution in [0.5, 0.6) is 11.5 Å². The van der Waals surface area contributed by atoms with Gasteiger partial charge in [0.15, 0.2) is 0 Å². The Morgan fingerprint density at radius 3 is 2.19 bits per heavy atom. The summed E-state index contributed by atoms with van der Waals surface area (Å²) >= 11 is 0. The monoisotopic (exact) mass is 293 g/mol. The van der Waals surface area contributed by atoms with Crippen LogP contribution in [0.2, 0.25) is 0 Å². The van der Waals surface area contributed by atoms with Crippen LogP contribution in [0.15, 0.2) is 24.8 Å². The Balaban J connectivity index is 3.20. The van der Waals surface area contributed by atoms with Crippen LogP contribution in [-0.4, -0.2) is 49.2 Å². The molecule has 1 aromatic carbocycles. The summed E-state index contributed by atoms with van der Waals surface area (Å²) < 4.78 is 10.4. The molecule has 0 aromatic heterocycles. The number of nitrogens with zero attached hydrogens (tertiary/aromatic N) is 1. The lowest BCUT2D eigenvalue weighted by Gasteiger charge is -2.20. The van der Waals surface area contributed by atoms with Crippen LogP contribution in [0.1, 0.15) is 15.9 Å². The molecule has 1 N–H and O–H groups in total. The molecule has 6 heteroatoms. The number of benzene rings is 1. The van der Waals surface area contributed by atoms with E-state index in [1.54, 1.807) is 12.1 Å². The molecular formula is C15H19NO5. The van der Waals surface area contributed by atoms with E-state index >= 15 is 0 Å². The first-order valence-electron chi connectivity index (χ1n) is 6.29. The summed E-state index contributed by atoms with van der Waals surface area (Å²) in [6.07, 6.45) is 1.48. The molecule has 0 aliphatic carbocycles. The van der Waals surface area contributed by atoms with Crippen LogP contribution in [0.3, 0.4) is 0 Å². The molecule has 1 aromatic rings. The van der Waals surface area contributed by atoms with Crippen molar-refractivity contribution >= 4 is 11.9 Å². The van der Waals surface area contributed by atoms with Crippen molar-refractivity contribution in [3.05, 3.63) is 35.9 Å². The summed E-state index contributed by atoms with van der Waals surface area (Å²) in [5.41, 5.74) is 1.07. The summed E-state index contributed by atoms with van der Waals surface area (Å²) in [5, 5.41) is 8.87. The number of hydrogen-bond donors (Lipinski definition) is 1. The van der Waals surface area contributed by atoms with Gasteiger partial charge in [-0.2, -0.15) is 0 Å². The summed E-state index contributed by atoms with van der Waals surface area (Å²) in [5.74, 6) is -0.497. The SMILES string of the molecule is C=CCN(CC(=O)O)C(=O)c1cc(OC)c(C)c(OC)c1. The van der Waals surface area contributed by atoms with Gasteiger partial charge in [-0.15, -0.1) is 6.58 Å². The van der Waals surface area contributed by atoms with Gasteiger partial charge >= 0.3 is 5.97 Å². The van der Waals surface area contributed by atoms with E-state index in [-0.39, 0.29) is 6.54 Å². The maximum Gasteiger partial charge on any atom is 0.323 e. The van der Waals surface area contributed by atoms with Gasteiger partial charge in [-0.05, 0) is 19.1 Å². The van der Waals surface area contributed by atoms with Gasteiger partial charge < -0.3 is 19.5 Å². The average Bonchev–Trinajstić information content (AvgIpc) is 2.46. The summed E-state index contributed by atoms with van der Waals surface area (Å²) in [6, 6.07) is 3.14. The van der Waals surface area contributed by atoms with Crippen LogP contribution < -0.4 is 9.47 Å². The highest BCUT2D eigenvalue weighted by atomic mass is 16.5. The van der Waals surface area contributed by atoms with E-state index in [0.717, 1.165) is 5.56 Å². The van der Waals surface area contributed by atoms with Gasteiger partial charge in [0.2, 0.25) is 0 Å². The molecule has 0 aliphatic heterocycles. The number of carbonyl (C=O) groups excluding carboxylic acids is 1. The van der Waals surface area contributed by atoms with Crippen LogP contribution in [0.25, 0.3) is 0 Å². The number of aliphatic carboxylic acids is 1. The van der Waals surface area contributed by atoms with Gasteiger partial charge in [-0.3, -0.25) is 9.59 Å². The standard InChI is InChI=1S/C15H19NO5/c1-5-6-16(9-14(17)18)15(19)11-7-12(20-3)10(2)13(8-11)21-4/h5,7-8H,1,6,9H2,2-4H3,(H,17,18). The van der Waals surface area contributed by atoms with Gasteiger partial charge in [0.05, 0.1) is 14.2 Å². The molecular weight excluding hydrogens is 274 g/mol. The number of amides is 1. The molecule has 114 valence electrons. The third-order valence-electron chi connectivity index (χ3n) is 2.96. The normalized spacial score (nSPS) is 9.86. The Kier molecular flexibility index (Phi) is 5.78. The van der Waals surface area contributed by atoms with Crippen molar-refractivity contribution in [3.63, 3.8) is 0 Å². The van der Waals surface area contributed by atoms with Gasteiger partial charge in [-0.1, -0.05) is 6.08 Å². The minimum absolute atomic E-state index is 0.143. The molecule has 1 amide bonds. The lowest BCUT2D eigenvalue weighted by Crippen LogP contribution is -2.35. The topological polar surface area (TPSA) is 76.1 Å². The molecule has 0 aliphatic rings. The Labute approximate surface area is 123 Å². The van der Waals surface area contributed by atoms with E-state index in [2.05, 4.69) is 6.58 Å². The number of carbonyl (C=O) groups is 2. The summed E-state index contributed by atoms with van der Waals surface area (Å²) in [4.78, 5) is 24.4. The van der Waals surface area contributed by atoms with E-state index in [4.69, 9.17) is 14.6 Å². The predicted octanol–water partition coefficient (Wildman–Crippen LogP) is 1.73. The number of carboxylic acid groups (broad SMARTS) is 1. The summed E-state index contributed by atoms with van der Waals surface area (Å²) in [7, 11) is 2.99. The minimum atomic E-state index is -1.09. The van der Waals surface area contributed by atoms with E-state index in [1.807, 2.05) is 6.92 Å². The lowest BCUT2D eigenvalue weighted by atomic mass is 10.1. The van der Waals surface area contributed by atoms with Gasteiger partial charge in [0, 0.05) is 17.7 Å². The highest BCUT2D eigenvalue weighted by Gasteiger charge is 2.20. The van der Waals surface area contributed by atoms with E-state index < -0.39 is 18.4 Å². The zero-order valence-electron chi connectivity index (χ0n) is 12.4. The molecule has 0 heterocycles. The van der Waals surface area contributed by atoms with Crippen molar-refractivity contribution in [2.75, 3.05) is 27.3 Å². The fourth-order valence-corrected chi connectivity index (χ4v) is 1.93. The fourth-order valence-electron chi connectivity index (χ4n) is 1.93. The molecule has 0 saturated carbocycles. The lowest BCUT2D eigenvalue weighted by molar-refractivity contribution is -0.137. The van der Waals surface area contributed by atoms with Crippen molar-refractivity contribution in [2.24, 2.45) is 0 Å². The number of methoxy groups -OCH3 is 2. The number of carboxylic acids is 1. The fraction of sp³-hybridized carbons (Fsp3) is 0.333. The second kappa shape index (κ2) is 7.33. The zero-order chi connectivity index (χ0) is 16.0. The van der Waals surface area contributed by atoms with E-state index in [1.165, 1.54) is 25.2 Å². The molecule has 0 bridgehead atoms. The average molecular weight is 293 g/mol. The quantitative estimate of drug-likeness (QED) is 0.775. The number of ether oxygens (including phenoxy) is 2. The Hall–Kier alpha value is -2.50. The molecule has 0 fully saturated rings. The molecule has 0 radical (unpaired) electrons. The first-order valence-corrected chi connectivity index (χ1v) is 6.29. The molecule has 0 spiro atoms. The Morgan fingerprint density at radius 1 is 1.29 bits per heavy atom. The van der Waals surface area contributed by atoms with Gasteiger partial charge in [-0.25, -0.2) is 0 Å². The van der Waals surface area contributed by atoms with E-state index in [9.17, 15) is 9.59 Å². The highest BCUT2D eigenvalue weighted by molar-refractivity contribution is 5.97. The molecule has 21 heavy (non-hydrogen) atoms. The first-order chi connectivity index (χ1) is 9.94.